The topological polar surface area (TPSA) is 70.4 Å². The fourth-order valence-electron chi connectivity index (χ4n) is 2.85. The summed E-state index contributed by atoms with van der Waals surface area (Å²) in [5, 5.41) is 12.0. The number of fused-ring (bicyclic) bond motifs is 1. The number of aromatic hydroxyl groups is 1. The molecule has 25 heavy (non-hydrogen) atoms. The summed E-state index contributed by atoms with van der Waals surface area (Å²) in [5.74, 6) is -0.664. The Kier molecular flexibility index (Phi) is 3.57. The van der Waals surface area contributed by atoms with Crippen LogP contribution in [0.15, 0.2) is 58.5 Å². The van der Waals surface area contributed by atoms with Crippen LogP contribution >= 0.6 is 0 Å². The number of nitrogens with zero attached hydrogens (tertiary/aromatic N) is 2. The number of rotatable bonds is 3. The minimum atomic E-state index is -0.505. The Balaban J connectivity index is 1.80. The Morgan fingerprint density at radius 2 is 2.04 bits per heavy atom. The second kappa shape index (κ2) is 5.90. The van der Waals surface area contributed by atoms with Crippen molar-refractivity contribution in [1.82, 2.24) is 9.55 Å². The molecule has 0 unspecified atom stereocenters. The number of para-hydroxylation sites is 1. The van der Waals surface area contributed by atoms with E-state index in [1.807, 2.05) is 24.3 Å². The molecule has 0 aliphatic carbocycles. The average molecular weight is 335 g/mol. The van der Waals surface area contributed by atoms with Crippen LogP contribution in [0.25, 0.3) is 12.2 Å². The van der Waals surface area contributed by atoms with Crippen molar-refractivity contribution in [1.29, 1.82) is 0 Å². The van der Waals surface area contributed by atoms with Crippen LogP contribution in [0.5, 0.6) is 5.88 Å². The third kappa shape index (κ3) is 2.67. The Morgan fingerprint density at radius 3 is 2.88 bits per heavy atom. The summed E-state index contributed by atoms with van der Waals surface area (Å²) < 4.78 is 14.9. The molecule has 1 aromatic heterocycles. The van der Waals surface area contributed by atoms with Crippen molar-refractivity contribution in [3.05, 3.63) is 92.4 Å². The zero-order valence-corrected chi connectivity index (χ0v) is 13.1. The molecule has 0 amide bonds. The maximum Gasteiger partial charge on any atom is 0.329 e. The van der Waals surface area contributed by atoms with Gasteiger partial charge >= 0.3 is 5.69 Å². The third-order valence-electron chi connectivity index (χ3n) is 4.13. The van der Waals surface area contributed by atoms with E-state index in [2.05, 4.69) is 9.98 Å². The highest BCUT2D eigenvalue weighted by Gasteiger charge is 2.13. The van der Waals surface area contributed by atoms with Crippen LogP contribution in [-0.4, -0.2) is 14.7 Å². The van der Waals surface area contributed by atoms with Gasteiger partial charge in [-0.1, -0.05) is 36.4 Å². The van der Waals surface area contributed by atoms with Gasteiger partial charge < -0.3 is 10.1 Å². The number of hydrogen-bond acceptors (Lipinski definition) is 3. The molecule has 2 heterocycles. The summed E-state index contributed by atoms with van der Waals surface area (Å²) in [5.41, 5.74) is 1.05. The number of imidazole rings is 1. The highest BCUT2D eigenvalue weighted by Crippen LogP contribution is 2.16. The van der Waals surface area contributed by atoms with Crippen LogP contribution in [0.2, 0.25) is 0 Å². The normalized spacial score (nSPS) is 13.1. The molecule has 0 saturated carbocycles. The first-order chi connectivity index (χ1) is 12.1. The molecule has 0 bridgehead atoms. The van der Waals surface area contributed by atoms with Crippen molar-refractivity contribution in [2.45, 2.75) is 6.54 Å². The van der Waals surface area contributed by atoms with Crippen LogP contribution in [0.4, 0.5) is 4.39 Å². The van der Waals surface area contributed by atoms with Gasteiger partial charge in [0.05, 0.1) is 11.9 Å². The predicted octanol–water partition coefficient (Wildman–Crippen LogP) is 1.50. The van der Waals surface area contributed by atoms with Crippen molar-refractivity contribution in [2.24, 2.45) is 4.99 Å². The van der Waals surface area contributed by atoms with Crippen molar-refractivity contribution < 1.29 is 9.50 Å². The Labute approximate surface area is 141 Å². The summed E-state index contributed by atoms with van der Waals surface area (Å²) >= 11 is 0. The Bertz CT molecular complexity index is 1170. The molecule has 1 aliphatic heterocycles. The van der Waals surface area contributed by atoms with Gasteiger partial charge in [0.1, 0.15) is 11.5 Å². The van der Waals surface area contributed by atoms with Gasteiger partial charge in [-0.15, -0.1) is 0 Å². The summed E-state index contributed by atoms with van der Waals surface area (Å²) in [6.07, 6.45) is 5.25. The lowest BCUT2D eigenvalue weighted by Gasteiger charge is -2.04. The van der Waals surface area contributed by atoms with Gasteiger partial charge in [0, 0.05) is 22.5 Å². The molecule has 2 aromatic carbocycles. The lowest BCUT2D eigenvalue weighted by molar-refractivity contribution is 0.418. The molecule has 0 fully saturated rings. The van der Waals surface area contributed by atoms with E-state index in [-0.39, 0.29) is 18.1 Å². The second-order valence-corrected chi connectivity index (χ2v) is 5.72. The van der Waals surface area contributed by atoms with Gasteiger partial charge in [-0.3, -0.25) is 9.56 Å². The number of aromatic amines is 1. The minimum Gasteiger partial charge on any atom is -0.493 e. The number of nitrogens with one attached hydrogen (secondary N) is 1. The van der Waals surface area contributed by atoms with E-state index in [0.29, 0.717) is 5.56 Å². The molecule has 4 rings (SSSR count). The van der Waals surface area contributed by atoms with Gasteiger partial charge in [0.15, 0.2) is 0 Å². The fourth-order valence-corrected chi connectivity index (χ4v) is 2.85. The minimum absolute atomic E-state index is 0.0551. The largest absolute Gasteiger partial charge is 0.493 e. The molecule has 1 aliphatic rings. The Hall–Kier alpha value is -3.41. The molecule has 5 nitrogen and oxygen atoms in total. The number of H-pyrrole nitrogens is 1. The zero-order valence-electron chi connectivity index (χ0n) is 13.1. The Morgan fingerprint density at radius 1 is 1.20 bits per heavy atom. The van der Waals surface area contributed by atoms with E-state index in [1.54, 1.807) is 30.5 Å². The number of aromatic nitrogens is 2. The van der Waals surface area contributed by atoms with Gasteiger partial charge in [0.25, 0.3) is 0 Å². The number of benzene rings is 2. The highest BCUT2D eigenvalue weighted by atomic mass is 19.1. The summed E-state index contributed by atoms with van der Waals surface area (Å²) in [6.45, 7) is -0.0551. The fraction of sp³-hybridized carbons (Fsp3) is 0.0526. The van der Waals surface area contributed by atoms with E-state index < -0.39 is 11.5 Å². The van der Waals surface area contributed by atoms with Crippen LogP contribution in [0, 0.1) is 5.82 Å². The van der Waals surface area contributed by atoms with Crippen molar-refractivity contribution in [3.8, 4) is 5.88 Å². The lowest BCUT2D eigenvalue weighted by atomic mass is 10.1. The van der Waals surface area contributed by atoms with E-state index in [9.17, 15) is 14.3 Å². The first kappa shape index (κ1) is 15.1. The van der Waals surface area contributed by atoms with E-state index in [0.717, 1.165) is 20.7 Å². The van der Waals surface area contributed by atoms with Crippen molar-refractivity contribution >= 4 is 12.2 Å². The first-order valence-electron chi connectivity index (χ1n) is 7.74. The van der Waals surface area contributed by atoms with Crippen LogP contribution < -0.4 is 16.3 Å². The summed E-state index contributed by atoms with van der Waals surface area (Å²) in [4.78, 5) is 19.1. The summed E-state index contributed by atoms with van der Waals surface area (Å²) in [6, 6.07) is 11.8. The standard InChI is InChI=1S/C19H14FN3O2/c20-15-7-2-1-4-14(15)11-23-18(24)16(22-19(23)25)10-13-6-3-5-12-8-9-21-17(12)13/h1-10,24H,11H2,(H,22,25)/b13-10+. The number of hydrogen-bond donors (Lipinski definition) is 2. The summed E-state index contributed by atoms with van der Waals surface area (Å²) in [7, 11) is 0. The maximum absolute atomic E-state index is 13.8. The monoisotopic (exact) mass is 335 g/mol. The highest BCUT2D eigenvalue weighted by molar-refractivity contribution is 5.56. The molecule has 0 saturated heterocycles. The van der Waals surface area contributed by atoms with Crippen LogP contribution in [0.1, 0.15) is 16.8 Å². The van der Waals surface area contributed by atoms with Crippen molar-refractivity contribution in [3.63, 3.8) is 0 Å². The van der Waals surface area contributed by atoms with Crippen LogP contribution in [-0.2, 0) is 6.54 Å². The van der Waals surface area contributed by atoms with Gasteiger partial charge in [-0.2, -0.15) is 0 Å². The molecule has 0 atom stereocenters. The van der Waals surface area contributed by atoms with E-state index in [1.165, 1.54) is 6.07 Å². The smallest absolute Gasteiger partial charge is 0.329 e. The molecule has 2 N–H and O–H groups in total. The predicted molar refractivity (Wildman–Crippen MR) is 92.0 cm³/mol. The number of halogens is 1. The molecule has 124 valence electrons. The average Bonchev–Trinajstić information content (AvgIpc) is 3.18. The molecule has 6 heteroatoms. The molecule has 0 spiro atoms. The van der Waals surface area contributed by atoms with E-state index in [4.69, 9.17) is 0 Å². The quantitative estimate of drug-likeness (QED) is 0.762. The van der Waals surface area contributed by atoms with Gasteiger partial charge in [-0.05, 0) is 18.2 Å². The molecule has 0 radical (unpaired) electrons. The molecule has 3 aromatic rings. The van der Waals surface area contributed by atoms with Crippen LogP contribution in [0.3, 0.4) is 0 Å². The molecular weight excluding hydrogens is 321 g/mol. The van der Waals surface area contributed by atoms with E-state index >= 15 is 0 Å². The second-order valence-electron chi connectivity index (χ2n) is 5.72. The van der Waals surface area contributed by atoms with Crippen molar-refractivity contribution in [2.75, 3.05) is 0 Å². The van der Waals surface area contributed by atoms with Gasteiger partial charge in [0.2, 0.25) is 5.88 Å². The lowest BCUT2D eigenvalue weighted by Crippen LogP contribution is -2.25. The third-order valence-corrected chi connectivity index (χ3v) is 4.13. The first-order valence-corrected chi connectivity index (χ1v) is 7.74. The molecular formula is C19H14FN3O2. The maximum atomic E-state index is 13.8. The SMILES string of the molecule is O=c1[nH]c(/C=c2\cccc3c2=NC=C3)c(O)n1Cc1ccccc1F. The van der Waals surface area contributed by atoms with Gasteiger partial charge in [-0.25, -0.2) is 9.18 Å². The zero-order chi connectivity index (χ0) is 17.4.